The largest absolute Gasteiger partial charge is 0.416 e. The predicted octanol–water partition coefficient (Wildman–Crippen LogP) is 5.20. The number of halogens is 4. The van der Waals surface area contributed by atoms with E-state index in [-0.39, 0.29) is 30.2 Å². The second-order valence-electron chi connectivity index (χ2n) is 7.25. The second kappa shape index (κ2) is 8.47. The van der Waals surface area contributed by atoms with E-state index < -0.39 is 23.6 Å². The highest BCUT2D eigenvalue weighted by atomic mass is 35.5. The summed E-state index contributed by atoms with van der Waals surface area (Å²) in [7, 11) is 0. The second-order valence-corrected chi connectivity index (χ2v) is 7.69. The van der Waals surface area contributed by atoms with Gasteiger partial charge in [-0.15, -0.1) is 0 Å². The Morgan fingerprint density at radius 1 is 1.20 bits per heavy atom. The number of fused-ring (bicyclic) bond motifs is 1. The molecule has 0 bridgehead atoms. The van der Waals surface area contributed by atoms with E-state index in [1.54, 1.807) is 12.1 Å². The smallest absolute Gasteiger partial charge is 0.317 e. The summed E-state index contributed by atoms with van der Waals surface area (Å²) in [6, 6.07) is 9.35. The maximum Gasteiger partial charge on any atom is 0.416 e. The fraction of sp³-hybridized carbons (Fsp3) is 0.286. The Labute approximate surface area is 176 Å². The molecule has 1 aliphatic heterocycles. The number of anilines is 1. The Balaban J connectivity index is 1.92. The van der Waals surface area contributed by atoms with Gasteiger partial charge in [0, 0.05) is 10.6 Å². The zero-order valence-electron chi connectivity index (χ0n) is 16.2. The summed E-state index contributed by atoms with van der Waals surface area (Å²) in [4.78, 5) is 30.9. The van der Waals surface area contributed by atoms with Crippen LogP contribution in [0, 0.1) is 5.92 Å². The molecule has 0 aromatic heterocycles. The van der Waals surface area contributed by atoms with Gasteiger partial charge in [-0.1, -0.05) is 42.7 Å². The molecule has 0 saturated carbocycles. The first-order valence-corrected chi connectivity index (χ1v) is 9.50. The molecule has 9 heteroatoms. The fourth-order valence-corrected chi connectivity index (χ4v) is 3.20. The van der Waals surface area contributed by atoms with Crippen molar-refractivity contribution in [3.8, 4) is 0 Å². The van der Waals surface area contributed by atoms with E-state index in [0.717, 1.165) is 12.1 Å². The highest BCUT2D eigenvalue weighted by Gasteiger charge is 2.36. The summed E-state index contributed by atoms with van der Waals surface area (Å²) in [5.74, 6) is -1.14. The summed E-state index contributed by atoms with van der Waals surface area (Å²) in [6.45, 7) is 3.55. The number of carbonyl (C=O) groups excluding carboxylic acids is 2. The van der Waals surface area contributed by atoms with Crippen molar-refractivity contribution in [2.45, 2.75) is 33.0 Å². The number of amides is 1. The first kappa shape index (κ1) is 21.8. The first-order chi connectivity index (χ1) is 14.1. The lowest BCUT2D eigenvalue weighted by Crippen LogP contribution is -2.30. The molecular weight excluding hydrogens is 421 g/mol. The van der Waals surface area contributed by atoms with Gasteiger partial charge in [-0.05, 0) is 41.8 Å². The van der Waals surface area contributed by atoms with Crippen molar-refractivity contribution in [1.29, 1.82) is 0 Å². The third-order valence-corrected chi connectivity index (χ3v) is 4.60. The molecule has 2 aromatic carbocycles. The normalized spacial score (nSPS) is 15.1. The zero-order valence-corrected chi connectivity index (χ0v) is 16.9. The summed E-state index contributed by atoms with van der Waals surface area (Å²) < 4.78 is 39.0. The van der Waals surface area contributed by atoms with Crippen LogP contribution in [-0.2, 0) is 27.1 Å². The van der Waals surface area contributed by atoms with Crippen molar-refractivity contribution in [3.05, 3.63) is 64.2 Å². The lowest BCUT2D eigenvalue weighted by Gasteiger charge is -2.18. The minimum Gasteiger partial charge on any atom is -0.317 e. The minimum atomic E-state index is -4.49. The molecule has 0 spiro atoms. The quantitative estimate of drug-likeness (QED) is 0.476. The zero-order chi connectivity index (χ0) is 22.1. The van der Waals surface area contributed by atoms with Gasteiger partial charge in [0.15, 0.2) is 5.71 Å². The van der Waals surface area contributed by atoms with Crippen LogP contribution in [0.25, 0.3) is 0 Å². The van der Waals surface area contributed by atoms with E-state index in [1.807, 2.05) is 13.8 Å². The van der Waals surface area contributed by atoms with Crippen LogP contribution >= 0.6 is 11.6 Å². The van der Waals surface area contributed by atoms with Crippen molar-refractivity contribution < 1.29 is 27.6 Å². The molecule has 0 N–H and O–H groups in total. The van der Waals surface area contributed by atoms with E-state index in [9.17, 15) is 22.8 Å². The highest BCUT2D eigenvalue weighted by molar-refractivity contribution is 6.54. The number of hydrogen-bond donors (Lipinski definition) is 0. The molecule has 158 valence electrons. The molecule has 1 amide bonds. The number of benzene rings is 2. The van der Waals surface area contributed by atoms with Crippen LogP contribution in [0.3, 0.4) is 0 Å². The molecule has 1 aliphatic rings. The van der Waals surface area contributed by atoms with Gasteiger partial charge in [-0.3, -0.25) is 4.79 Å². The summed E-state index contributed by atoms with van der Waals surface area (Å²) >= 11 is 6.03. The van der Waals surface area contributed by atoms with Crippen molar-refractivity contribution in [2.75, 3.05) is 4.90 Å². The molecule has 0 aliphatic carbocycles. The molecular formula is C21H18ClF3N2O3. The van der Waals surface area contributed by atoms with Gasteiger partial charge in [-0.25, -0.2) is 4.79 Å². The molecule has 5 nitrogen and oxygen atoms in total. The van der Waals surface area contributed by atoms with Gasteiger partial charge in [-0.2, -0.15) is 13.2 Å². The van der Waals surface area contributed by atoms with Crippen LogP contribution in [0.1, 0.15) is 37.0 Å². The van der Waals surface area contributed by atoms with Gasteiger partial charge in [0.1, 0.15) is 0 Å². The summed E-state index contributed by atoms with van der Waals surface area (Å²) in [5, 5.41) is 4.06. The van der Waals surface area contributed by atoms with Crippen molar-refractivity contribution in [2.24, 2.45) is 11.1 Å². The lowest BCUT2D eigenvalue weighted by atomic mass is 10.1. The third kappa shape index (κ3) is 4.81. The summed E-state index contributed by atoms with van der Waals surface area (Å²) in [6.07, 6.45) is -4.37. The SMILES string of the molecule is CC(C)CC(=O)ON=C1C(=O)N(Cc2cccc(C(F)(F)F)c2)c2ccc(Cl)cc21. The molecule has 1 heterocycles. The van der Waals surface area contributed by atoms with E-state index >= 15 is 0 Å². The first-order valence-electron chi connectivity index (χ1n) is 9.12. The molecule has 0 unspecified atom stereocenters. The Morgan fingerprint density at radius 3 is 2.60 bits per heavy atom. The molecule has 2 aromatic rings. The van der Waals surface area contributed by atoms with E-state index in [2.05, 4.69) is 5.16 Å². The number of hydrogen-bond acceptors (Lipinski definition) is 4. The topological polar surface area (TPSA) is 59.0 Å². The van der Waals surface area contributed by atoms with Crippen molar-refractivity contribution in [1.82, 2.24) is 0 Å². The molecule has 0 saturated heterocycles. The molecule has 0 atom stereocenters. The van der Waals surface area contributed by atoms with Gasteiger partial charge in [0.05, 0.1) is 24.2 Å². The van der Waals surface area contributed by atoms with Crippen molar-refractivity contribution in [3.63, 3.8) is 0 Å². The number of carbonyl (C=O) groups is 2. The molecule has 0 radical (unpaired) electrons. The predicted molar refractivity (Wildman–Crippen MR) is 106 cm³/mol. The molecule has 3 rings (SSSR count). The van der Waals surface area contributed by atoms with Gasteiger partial charge in [0.25, 0.3) is 5.91 Å². The van der Waals surface area contributed by atoms with E-state index in [4.69, 9.17) is 16.4 Å². The van der Waals surface area contributed by atoms with Crippen LogP contribution in [0.4, 0.5) is 18.9 Å². The van der Waals surface area contributed by atoms with Gasteiger partial charge < -0.3 is 9.74 Å². The van der Waals surface area contributed by atoms with E-state index in [0.29, 0.717) is 16.3 Å². The highest BCUT2D eigenvalue weighted by Crippen LogP contribution is 2.34. The number of oxime groups is 1. The maximum atomic E-state index is 13.0. The summed E-state index contributed by atoms with van der Waals surface area (Å²) in [5.41, 5.74) is 0.116. The average molecular weight is 439 g/mol. The van der Waals surface area contributed by atoms with Crippen LogP contribution < -0.4 is 4.90 Å². The van der Waals surface area contributed by atoms with Crippen LogP contribution in [0.15, 0.2) is 47.6 Å². The van der Waals surface area contributed by atoms with Gasteiger partial charge >= 0.3 is 12.1 Å². The fourth-order valence-electron chi connectivity index (χ4n) is 3.03. The monoisotopic (exact) mass is 438 g/mol. The van der Waals surface area contributed by atoms with E-state index in [1.165, 1.54) is 23.1 Å². The van der Waals surface area contributed by atoms with Crippen LogP contribution in [0.5, 0.6) is 0 Å². The Kier molecular flexibility index (Phi) is 6.17. The standard InChI is InChI=1S/C21H18ClF3N2O3/c1-12(2)8-18(28)30-26-19-16-10-15(22)6-7-17(16)27(20(19)29)11-13-4-3-5-14(9-13)21(23,24)25/h3-7,9-10,12H,8,11H2,1-2H3. The minimum absolute atomic E-state index is 0.0520. The molecule has 0 fully saturated rings. The third-order valence-electron chi connectivity index (χ3n) is 4.36. The Hall–Kier alpha value is -2.87. The Morgan fingerprint density at radius 2 is 1.93 bits per heavy atom. The van der Waals surface area contributed by atoms with Gasteiger partial charge in [0.2, 0.25) is 0 Å². The number of nitrogens with zero attached hydrogens (tertiary/aromatic N) is 2. The maximum absolute atomic E-state index is 13.0. The lowest BCUT2D eigenvalue weighted by molar-refractivity contribution is -0.144. The van der Waals surface area contributed by atoms with Crippen molar-refractivity contribution >= 4 is 34.9 Å². The van der Waals surface area contributed by atoms with Crippen LogP contribution in [-0.4, -0.2) is 17.6 Å². The average Bonchev–Trinajstić information content (AvgIpc) is 2.90. The van der Waals surface area contributed by atoms with Crippen LogP contribution in [0.2, 0.25) is 5.02 Å². The number of alkyl halides is 3. The molecule has 30 heavy (non-hydrogen) atoms. The number of rotatable bonds is 5. The Bertz CT molecular complexity index is 1020.